The van der Waals surface area contributed by atoms with Gasteiger partial charge in [0.15, 0.2) is 6.61 Å². The van der Waals surface area contributed by atoms with E-state index in [1.807, 2.05) is 6.07 Å². The van der Waals surface area contributed by atoms with Gasteiger partial charge in [0.1, 0.15) is 11.7 Å². The van der Waals surface area contributed by atoms with Crippen LogP contribution < -0.4 is 10.6 Å². The number of ether oxygens (including phenoxy) is 3. The molecule has 0 bridgehead atoms. The molecule has 0 heterocycles. The number of anilines is 1. The Hall–Kier alpha value is -3.99. The summed E-state index contributed by atoms with van der Waals surface area (Å²) in [5.74, 6) is -2.29. The molecule has 0 aliphatic rings. The quantitative estimate of drug-likeness (QED) is 0.210. The van der Waals surface area contributed by atoms with Gasteiger partial charge in [0.05, 0.1) is 24.2 Å². The van der Waals surface area contributed by atoms with E-state index in [0.29, 0.717) is 13.2 Å². The van der Waals surface area contributed by atoms with Crippen LogP contribution in [0.15, 0.2) is 48.5 Å². The highest BCUT2D eigenvalue weighted by molar-refractivity contribution is 5.93. The molecule has 0 spiro atoms. The third kappa shape index (κ3) is 7.89. The fourth-order valence-corrected chi connectivity index (χ4v) is 2.88. The molecule has 0 aliphatic heterocycles. The number of carbonyl (C=O) groups excluding carboxylic acids is 3. The van der Waals surface area contributed by atoms with Gasteiger partial charge in [-0.15, -0.1) is 0 Å². The van der Waals surface area contributed by atoms with Crippen LogP contribution in [0, 0.1) is 10.1 Å². The summed E-state index contributed by atoms with van der Waals surface area (Å²) < 4.78 is 14.6. The second kappa shape index (κ2) is 12.8. The summed E-state index contributed by atoms with van der Waals surface area (Å²) >= 11 is 0. The lowest BCUT2D eigenvalue weighted by Crippen LogP contribution is -2.44. The maximum absolute atomic E-state index is 12.3. The first-order valence-electron chi connectivity index (χ1n) is 9.95. The van der Waals surface area contributed by atoms with E-state index in [9.17, 15) is 24.5 Å². The van der Waals surface area contributed by atoms with E-state index < -0.39 is 35.4 Å². The molecule has 0 aromatic heterocycles. The van der Waals surface area contributed by atoms with Crippen LogP contribution in [-0.4, -0.2) is 62.8 Å². The van der Waals surface area contributed by atoms with Crippen molar-refractivity contribution in [2.45, 2.75) is 12.5 Å². The Morgan fingerprint density at radius 3 is 2.45 bits per heavy atom. The summed E-state index contributed by atoms with van der Waals surface area (Å²) in [4.78, 5) is 47.3. The Balaban J connectivity index is 1.99. The largest absolute Gasteiger partial charge is 0.467 e. The van der Waals surface area contributed by atoms with Crippen molar-refractivity contribution in [1.82, 2.24) is 5.32 Å². The minimum absolute atomic E-state index is 0.0967. The third-order valence-corrected chi connectivity index (χ3v) is 4.49. The highest BCUT2D eigenvalue weighted by Gasteiger charge is 2.23. The molecule has 2 rings (SSSR count). The SMILES string of the molecule is COCCNc1ccc(C(=O)OCC(=O)NC(Cc2ccccc2)C(=O)OC)cc1[N+](=O)[O-]. The number of hydrogen-bond acceptors (Lipinski definition) is 9. The van der Waals surface area contributed by atoms with Crippen LogP contribution in [0.5, 0.6) is 0 Å². The molecule has 0 radical (unpaired) electrons. The number of nitro benzene ring substituents is 1. The minimum Gasteiger partial charge on any atom is -0.467 e. The van der Waals surface area contributed by atoms with Gasteiger partial charge in [-0.1, -0.05) is 30.3 Å². The van der Waals surface area contributed by atoms with Crippen LogP contribution in [0.25, 0.3) is 0 Å². The zero-order valence-corrected chi connectivity index (χ0v) is 18.2. The second-order valence-electron chi connectivity index (χ2n) is 6.82. The average Bonchev–Trinajstić information content (AvgIpc) is 2.82. The third-order valence-electron chi connectivity index (χ3n) is 4.49. The normalized spacial score (nSPS) is 11.2. The smallest absolute Gasteiger partial charge is 0.338 e. The van der Waals surface area contributed by atoms with E-state index in [2.05, 4.69) is 10.6 Å². The Morgan fingerprint density at radius 1 is 1.09 bits per heavy atom. The minimum atomic E-state index is -0.970. The van der Waals surface area contributed by atoms with Gasteiger partial charge in [0.25, 0.3) is 11.6 Å². The molecule has 0 saturated heterocycles. The van der Waals surface area contributed by atoms with Gasteiger partial charge < -0.3 is 24.8 Å². The van der Waals surface area contributed by atoms with Crippen LogP contribution in [0.2, 0.25) is 0 Å². The number of nitro groups is 1. The van der Waals surface area contributed by atoms with Crippen LogP contribution in [0.1, 0.15) is 15.9 Å². The molecule has 0 aliphatic carbocycles. The van der Waals surface area contributed by atoms with Crippen molar-refractivity contribution < 1.29 is 33.5 Å². The Labute approximate surface area is 190 Å². The number of amides is 1. The number of methoxy groups -OCH3 is 2. The number of nitrogens with one attached hydrogen (secondary N) is 2. The zero-order valence-electron chi connectivity index (χ0n) is 18.2. The van der Waals surface area contributed by atoms with Crippen molar-refractivity contribution in [2.75, 3.05) is 39.3 Å². The Kier molecular flexibility index (Phi) is 9.78. The first-order valence-corrected chi connectivity index (χ1v) is 9.95. The van der Waals surface area contributed by atoms with Crippen molar-refractivity contribution >= 4 is 29.2 Å². The monoisotopic (exact) mass is 459 g/mol. The summed E-state index contributed by atoms with van der Waals surface area (Å²) in [5, 5.41) is 16.6. The van der Waals surface area contributed by atoms with Gasteiger partial charge in [0, 0.05) is 26.1 Å². The molecule has 11 nitrogen and oxygen atoms in total. The molecule has 33 heavy (non-hydrogen) atoms. The fourth-order valence-electron chi connectivity index (χ4n) is 2.88. The fraction of sp³-hybridized carbons (Fsp3) is 0.318. The van der Waals surface area contributed by atoms with Crippen molar-refractivity contribution in [1.29, 1.82) is 0 Å². The predicted octanol–water partition coefficient (Wildman–Crippen LogP) is 1.71. The van der Waals surface area contributed by atoms with E-state index in [-0.39, 0.29) is 23.4 Å². The molecule has 1 unspecified atom stereocenters. The molecule has 176 valence electrons. The number of hydrogen-bond donors (Lipinski definition) is 2. The van der Waals surface area contributed by atoms with Crippen molar-refractivity contribution in [3.8, 4) is 0 Å². The standard InChI is InChI=1S/C22H25N3O8/c1-31-11-10-23-17-9-8-16(13-19(17)25(29)30)21(27)33-14-20(26)24-18(22(28)32-2)12-15-6-4-3-5-7-15/h3-9,13,18,23H,10-12,14H2,1-2H3,(H,24,26). The van der Waals surface area contributed by atoms with E-state index in [1.165, 1.54) is 26.4 Å². The maximum atomic E-state index is 12.3. The lowest BCUT2D eigenvalue weighted by atomic mass is 10.1. The molecule has 0 fully saturated rings. The Bertz CT molecular complexity index is 981. The van der Waals surface area contributed by atoms with Gasteiger partial charge in [0.2, 0.25) is 0 Å². The van der Waals surface area contributed by atoms with Crippen molar-refractivity contribution in [2.24, 2.45) is 0 Å². The first-order chi connectivity index (χ1) is 15.8. The summed E-state index contributed by atoms with van der Waals surface area (Å²) in [6.07, 6.45) is 0.191. The molecule has 2 N–H and O–H groups in total. The summed E-state index contributed by atoms with van der Waals surface area (Å²) in [7, 11) is 2.70. The molecule has 1 atom stereocenters. The van der Waals surface area contributed by atoms with Crippen LogP contribution in [0.4, 0.5) is 11.4 Å². The molecule has 1 amide bonds. The van der Waals surface area contributed by atoms with Crippen molar-refractivity contribution in [3.05, 3.63) is 69.8 Å². The molecule has 2 aromatic carbocycles. The van der Waals surface area contributed by atoms with Gasteiger partial charge in [-0.25, -0.2) is 9.59 Å². The Morgan fingerprint density at radius 2 is 1.82 bits per heavy atom. The molecule has 11 heteroatoms. The first kappa shape index (κ1) is 25.3. The van der Waals surface area contributed by atoms with Gasteiger partial charge in [-0.05, 0) is 17.7 Å². The second-order valence-corrected chi connectivity index (χ2v) is 6.82. The lowest BCUT2D eigenvalue weighted by molar-refractivity contribution is -0.384. The molecule has 0 saturated carbocycles. The van der Waals surface area contributed by atoms with Gasteiger partial charge >= 0.3 is 11.9 Å². The number of esters is 2. The topological polar surface area (TPSA) is 146 Å². The summed E-state index contributed by atoms with van der Waals surface area (Å²) in [5.41, 5.74) is 0.601. The molecule has 2 aromatic rings. The summed E-state index contributed by atoms with van der Waals surface area (Å²) in [6, 6.07) is 11.8. The van der Waals surface area contributed by atoms with E-state index in [0.717, 1.165) is 11.6 Å². The molecular formula is C22H25N3O8. The van der Waals surface area contributed by atoms with E-state index >= 15 is 0 Å². The summed E-state index contributed by atoms with van der Waals surface area (Å²) in [6.45, 7) is 0.00129. The van der Waals surface area contributed by atoms with Crippen LogP contribution in [-0.2, 0) is 30.2 Å². The van der Waals surface area contributed by atoms with Crippen LogP contribution in [0.3, 0.4) is 0 Å². The lowest BCUT2D eigenvalue weighted by Gasteiger charge is -2.16. The predicted molar refractivity (Wildman–Crippen MR) is 118 cm³/mol. The van der Waals surface area contributed by atoms with Gasteiger partial charge in [-0.3, -0.25) is 14.9 Å². The average molecular weight is 459 g/mol. The number of carbonyl (C=O) groups is 3. The highest BCUT2D eigenvalue weighted by atomic mass is 16.6. The number of benzene rings is 2. The van der Waals surface area contributed by atoms with E-state index in [4.69, 9.17) is 14.2 Å². The maximum Gasteiger partial charge on any atom is 0.338 e. The van der Waals surface area contributed by atoms with Gasteiger partial charge in [-0.2, -0.15) is 0 Å². The van der Waals surface area contributed by atoms with Crippen molar-refractivity contribution in [3.63, 3.8) is 0 Å². The van der Waals surface area contributed by atoms with Crippen LogP contribution >= 0.6 is 0 Å². The highest BCUT2D eigenvalue weighted by Crippen LogP contribution is 2.25. The number of nitrogens with zero attached hydrogens (tertiary/aromatic N) is 1. The number of rotatable bonds is 12. The van der Waals surface area contributed by atoms with E-state index in [1.54, 1.807) is 24.3 Å². The molecular weight excluding hydrogens is 434 g/mol. The zero-order chi connectivity index (χ0) is 24.2.